The number of fused-ring (bicyclic) bond motifs is 3. The van der Waals surface area contributed by atoms with Crippen molar-refractivity contribution in [3.05, 3.63) is 95.0 Å². The Labute approximate surface area is 196 Å². The van der Waals surface area contributed by atoms with Gasteiger partial charge in [-0.25, -0.2) is 9.59 Å². The maximum atomic E-state index is 12.2. The number of furan rings is 1. The summed E-state index contributed by atoms with van der Waals surface area (Å²) in [6, 6.07) is 19.0. The molecule has 0 radical (unpaired) electrons. The number of alkyl carbamates (subject to hydrolysis) is 1. The zero-order valence-electron chi connectivity index (χ0n) is 18.5. The summed E-state index contributed by atoms with van der Waals surface area (Å²) in [6.45, 7) is 2.00. The van der Waals surface area contributed by atoms with E-state index in [1.165, 1.54) is 12.1 Å². The number of amides is 2. The van der Waals surface area contributed by atoms with E-state index in [0.717, 1.165) is 22.3 Å². The maximum Gasteiger partial charge on any atom is 0.407 e. The minimum atomic E-state index is -1.17. The van der Waals surface area contributed by atoms with Gasteiger partial charge in [-0.3, -0.25) is 4.79 Å². The van der Waals surface area contributed by atoms with Crippen LogP contribution in [0.3, 0.4) is 0 Å². The van der Waals surface area contributed by atoms with Crippen LogP contribution in [0.25, 0.3) is 11.1 Å². The summed E-state index contributed by atoms with van der Waals surface area (Å²) >= 11 is 0. The molecule has 0 unspecified atom stereocenters. The van der Waals surface area contributed by atoms with Crippen molar-refractivity contribution in [2.45, 2.75) is 19.4 Å². The second kappa shape index (κ2) is 10.1. The summed E-state index contributed by atoms with van der Waals surface area (Å²) in [5, 5.41) is 14.1. The number of nitrogens with one attached hydrogen (secondary N) is 2. The number of carboxylic acid groups (broad SMARTS) is 1. The molecule has 0 spiro atoms. The second-order valence-electron chi connectivity index (χ2n) is 7.85. The summed E-state index contributed by atoms with van der Waals surface area (Å²) < 4.78 is 10.6. The SMILES string of the molecule is C/C(=C\CNC(=O)OCC1c2ccccc2-c2ccccc21)C(=O)NCc1ccc(C(=O)O)o1. The second-order valence-corrected chi connectivity index (χ2v) is 7.85. The Kier molecular flexibility index (Phi) is 6.77. The number of carboxylic acids is 1. The van der Waals surface area contributed by atoms with Crippen LogP contribution in [0.4, 0.5) is 4.79 Å². The third-order valence-electron chi connectivity index (χ3n) is 5.65. The van der Waals surface area contributed by atoms with Gasteiger partial charge in [-0.1, -0.05) is 54.6 Å². The van der Waals surface area contributed by atoms with Gasteiger partial charge in [0.2, 0.25) is 11.7 Å². The van der Waals surface area contributed by atoms with Crippen LogP contribution in [0.1, 0.15) is 40.3 Å². The molecule has 1 aliphatic carbocycles. The number of carbonyl (C=O) groups excluding carboxylic acids is 2. The molecule has 34 heavy (non-hydrogen) atoms. The lowest BCUT2D eigenvalue weighted by atomic mass is 9.98. The molecule has 0 atom stereocenters. The molecule has 1 aromatic heterocycles. The molecule has 2 amide bonds. The van der Waals surface area contributed by atoms with Gasteiger partial charge in [0.15, 0.2) is 0 Å². The first-order valence-electron chi connectivity index (χ1n) is 10.8. The van der Waals surface area contributed by atoms with Gasteiger partial charge in [0.05, 0.1) is 6.54 Å². The highest BCUT2D eigenvalue weighted by Crippen LogP contribution is 2.44. The van der Waals surface area contributed by atoms with Gasteiger partial charge in [-0.2, -0.15) is 0 Å². The van der Waals surface area contributed by atoms with Gasteiger partial charge in [0, 0.05) is 18.0 Å². The van der Waals surface area contributed by atoms with Gasteiger partial charge >= 0.3 is 12.1 Å². The normalized spacial score (nSPS) is 12.6. The van der Waals surface area contributed by atoms with Gasteiger partial charge in [-0.05, 0) is 41.3 Å². The highest BCUT2D eigenvalue weighted by Gasteiger charge is 2.28. The molecule has 8 heteroatoms. The highest BCUT2D eigenvalue weighted by atomic mass is 16.5. The predicted octanol–water partition coefficient (Wildman–Crippen LogP) is 4.08. The molecule has 3 aromatic rings. The van der Waals surface area contributed by atoms with Crippen LogP contribution in [0, 0.1) is 0 Å². The zero-order valence-corrected chi connectivity index (χ0v) is 18.5. The molecule has 1 aliphatic rings. The highest BCUT2D eigenvalue weighted by molar-refractivity contribution is 5.92. The van der Waals surface area contributed by atoms with E-state index in [4.69, 9.17) is 14.3 Å². The molecular weight excluding hydrogens is 436 g/mol. The van der Waals surface area contributed by atoms with Crippen molar-refractivity contribution in [3.8, 4) is 11.1 Å². The van der Waals surface area contributed by atoms with Crippen LogP contribution in [0.5, 0.6) is 0 Å². The lowest BCUT2D eigenvalue weighted by molar-refractivity contribution is -0.117. The van der Waals surface area contributed by atoms with Gasteiger partial charge in [0.25, 0.3) is 0 Å². The van der Waals surface area contributed by atoms with E-state index in [1.54, 1.807) is 13.0 Å². The molecule has 0 bridgehead atoms. The molecule has 0 fully saturated rings. The van der Waals surface area contributed by atoms with E-state index in [1.807, 2.05) is 24.3 Å². The Hall–Kier alpha value is -4.33. The molecule has 0 saturated carbocycles. The number of carbonyl (C=O) groups is 3. The summed E-state index contributed by atoms with van der Waals surface area (Å²) in [5.41, 5.74) is 4.98. The molecule has 174 valence electrons. The van der Waals surface area contributed by atoms with Crippen LogP contribution < -0.4 is 10.6 Å². The predicted molar refractivity (Wildman–Crippen MR) is 124 cm³/mol. The van der Waals surface area contributed by atoms with Crippen molar-refractivity contribution in [1.29, 1.82) is 0 Å². The van der Waals surface area contributed by atoms with Crippen LogP contribution >= 0.6 is 0 Å². The molecule has 1 heterocycles. The standard InChI is InChI=1S/C26H24N2O6/c1-16(24(29)28-14-17-10-11-23(34-17)25(30)31)12-13-27-26(32)33-15-22-20-8-4-2-6-18(20)19-7-3-5-9-21(19)22/h2-12,22H,13-15H2,1H3,(H,27,32)(H,28,29)(H,30,31)/b16-12+. The van der Waals surface area contributed by atoms with E-state index in [0.29, 0.717) is 11.3 Å². The van der Waals surface area contributed by atoms with Crippen molar-refractivity contribution in [2.75, 3.05) is 13.2 Å². The average Bonchev–Trinajstić information content (AvgIpc) is 3.44. The van der Waals surface area contributed by atoms with E-state index in [2.05, 4.69) is 34.9 Å². The van der Waals surface area contributed by atoms with E-state index in [9.17, 15) is 14.4 Å². The largest absolute Gasteiger partial charge is 0.475 e. The zero-order chi connectivity index (χ0) is 24.1. The number of rotatable bonds is 8. The fourth-order valence-electron chi connectivity index (χ4n) is 3.92. The maximum absolute atomic E-state index is 12.2. The Morgan fingerprint density at radius 2 is 1.62 bits per heavy atom. The van der Waals surface area contributed by atoms with Crippen molar-refractivity contribution in [1.82, 2.24) is 10.6 Å². The van der Waals surface area contributed by atoms with Crippen LogP contribution in [0.2, 0.25) is 0 Å². The lowest BCUT2D eigenvalue weighted by Gasteiger charge is -2.14. The lowest BCUT2D eigenvalue weighted by Crippen LogP contribution is -2.28. The molecule has 8 nitrogen and oxygen atoms in total. The summed E-state index contributed by atoms with van der Waals surface area (Å²) in [4.78, 5) is 35.2. The Balaban J connectivity index is 1.25. The molecule has 4 rings (SSSR count). The number of ether oxygens (including phenoxy) is 1. The number of benzene rings is 2. The Morgan fingerprint density at radius 1 is 0.971 bits per heavy atom. The third kappa shape index (κ3) is 5.01. The summed E-state index contributed by atoms with van der Waals surface area (Å²) in [6.07, 6.45) is 1.00. The quantitative estimate of drug-likeness (QED) is 0.436. The summed E-state index contributed by atoms with van der Waals surface area (Å²) in [5.74, 6) is -1.42. The number of hydrogen-bond donors (Lipinski definition) is 3. The molecule has 0 saturated heterocycles. The van der Waals surface area contributed by atoms with E-state index < -0.39 is 12.1 Å². The van der Waals surface area contributed by atoms with Crippen LogP contribution in [-0.2, 0) is 16.1 Å². The van der Waals surface area contributed by atoms with E-state index in [-0.39, 0.29) is 37.3 Å². The van der Waals surface area contributed by atoms with Gasteiger partial charge in [-0.15, -0.1) is 0 Å². The first-order chi connectivity index (χ1) is 16.4. The molecule has 0 aliphatic heterocycles. The first-order valence-corrected chi connectivity index (χ1v) is 10.8. The van der Waals surface area contributed by atoms with Crippen molar-refractivity contribution in [2.24, 2.45) is 0 Å². The number of hydrogen-bond acceptors (Lipinski definition) is 5. The smallest absolute Gasteiger partial charge is 0.407 e. The van der Waals surface area contributed by atoms with Crippen molar-refractivity contribution >= 4 is 18.0 Å². The van der Waals surface area contributed by atoms with E-state index >= 15 is 0 Å². The van der Waals surface area contributed by atoms with Crippen LogP contribution in [-0.4, -0.2) is 36.2 Å². The Morgan fingerprint density at radius 3 is 2.24 bits per heavy atom. The van der Waals surface area contributed by atoms with Gasteiger partial charge in [0.1, 0.15) is 12.4 Å². The minimum Gasteiger partial charge on any atom is -0.475 e. The Bertz CT molecular complexity index is 1210. The number of aromatic carboxylic acids is 1. The first kappa shape index (κ1) is 22.8. The fraction of sp³-hybridized carbons (Fsp3) is 0.192. The van der Waals surface area contributed by atoms with Crippen molar-refractivity contribution < 1.29 is 28.6 Å². The minimum absolute atomic E-state index is 0.0237. The fourth-order valence-corrected chi connectivity index (χ4v) is 3.92. The molecular formula is C26H24N2O6. The average molecular weight is 460 g/mol. The third-order valence-corrected chi connectivity index (χ3v) is 5.65. The van der Waals surface area contributed by atoms with Gasteiger partial charge < -0.3 is 24.9 Å². The summed E-state index contributed by atoms with van der Waals surface area (Å²) in [7, 11) is 0. The molecule has 2 aromatic carbocycles. The van der Waals surface area contributed by atoms with Crippen molar-refractivity contribution in [3.63, 3.8) is 0 Å². The monoisotopic (exact) mass is 460 g/mol. The molecule has 3 N–H and O–H groups in total. The van der Waals surface area contributed by atoms with Crippen LogP contribution in [0.15, 0.2) is 76.7 Å². The topological polar surface area (TPSA) is 118 Å².